The van der Waals surface area contributed by atoms with Gasteiger partial charge in [-0.25, -0.2) is 0 Å². The van der Waals surface area contributed by atoms with Crippen molar-refractivity contribution in [3.8, 4) is 22.6 Å². The zero-order valence-corrected chi connectivity index (χ0v) is 13.2. The zero-order chi connectivity index (χ0) is 15.5. The predicted molar refractivity (Wildman–Crippen MR) is 91.7 cm³/mol. The maximum Gasteiger partial charge on any atom is 0.169 e. The average molecular weight is 292 g/mol. The van der Waals surface area contributed by atoms with E-state index >= 15 is 0 Å². The van der Waals surface area contributed by atoms with Crippen molar-refractivity contribution < 1.29 is 9.47 Å². The molecule has 0 bridgehead atoms. The summed E-state index contributed by atoms with van der Waals surface area (Å²) in [6, 6.07) is 20.7. The normalized spacial score (nSPS) is 10.9. The Morgan fingerprint density at radius 1 is 0.818 bits per heavy atom. The molecule has 22 heavy (non-hydrogen) atoms. The molecule has 0 aliphatic carbocycles. The molecule has 0 amide bonds. The molecule has 112 valence electrons. The monoisotopic (exact) mass is 292 g/mol. The fourth-order valence-electron chi connectivity index (χ4n) is 2.70. The summed E-state index contributed by atoms with van der Waals surface area (Å²) in [6.07, 6.45) is 0.0864. The second kappa shape index (κ2) is 6.10. The fraction of sp³-hybridized carbons (Fsp3) is 0.200. The first-order chi connectivity index (χ1) is 10.7. The Balaban J connectivity index is 2.33. The summed E-state index contributed by atoms with van der Waals surface area (Å²) in [5.74, 6) is 1.58. The molecule has 0 heterocycles. The van der Waals surface area contributed by atoms with Gasteiger partial charge in [0.2, 0.25) is 0 Å². The lowest BCUT2D eigenvalue weighted by Crippen LogP contribution is -2.07. The Hall–Kier alpha value is -2.48. The number of fused-ring (bicyclic) bond motifs is 1. The van der Waals surface area contributed by atoms with E-state index in [2.05, 4.69) is 48.5 Å². The second-order valence-corrected chi connectivity index (χ2v) is 5.53. The first-order valence-electron chi connectivity index (χ1n) is 7.52. The molecule has 0 atom stereocenters. The Morgan fingerprint density at radius 3 is 2.27 bits per heavy atom. The molecule has 0 saturated heterocycles. The molecule has 3 rings (SSSR count). The van der Waals surface area contributed by atoms with Crippen LogP contribution in [0.2, 0.25) is 0 Å². The van der Waals surface area contributed by atoms with Gasteiger partial charge in [-0.3, -0.25) is 0 Å². The van der Waals surface area contributed by atoms with Crippen molar-refractivity contribution in [1.82, 2.24) is 0 Å². The van der Waals surface area contributed by atoms with Gasteiger partial charge >= 0.3 is 0 Å². The van der Waals surface area contributed by atoms with Gasteiger partial charge in [0.1, 0.15) is 0 Å². The topological polar surface area (TPSA) is 18.5 Å². The van der Waals surface area contributed by atoms with E-state index in [1.165, 1.54) is 5.56 Å². The van der Waals surface area contributed by atoms with E-state index in [0.29, 0.717) is 0 Å². The van der Waals surface area contributed by atoms with Crippen LogP contribution >= 0.6 is 0 Å². The Kier molecular flexibility index (Phi) is 4.01. The maximum absolute atomic E-state index is 6.09. The maximum atomic E-state index is 6.09. The van der Waals surface area contributed by atoms with Gasteiger partial charge in [-0.05, 0) is 36.4 Å². The van der Waals surface area contributed by atoms with E-state index in [1.54, 1.807) is 7.11 Å². The molecule has 2 nitrogen and oxygen atoms in total. The molecule has 0 aliphatic heterocycles. The Labute approximate surface area is 131 Å². The molecule has 0 spiro atoms. The summed E-state index contributed by atoms with van der Waals surface area (Å²) in [5.41, 5.74) is 2.34. The number of rotatable bonds is 4. The molecule has 0 fully saturated rings. The van der Waals surface area contributed by atoms with Gasteiger partial charge < -0.3 is 9.47 Å². The molecule has 0 unspecified atom stereocenters. The van der Waals surface area contributed by atoms with E-state index in [1.807, 2.05) is 26.0 Å². The summed E-state index contributed by atoms with van der Waals surface area (Å²) >= 11 is 0. The van der Waals surface area contributed by atoms with Crippen LogP contribution in [0.25, 0.3) is 21.9 Å². The number of benzene rings is 3. The number of ether oxygens (including phenoxy) is 2. The molecule has 0 aromatic heterocycles. The van der Waals surface area contributed by atoms with Crippen LogP contribution in [0.15, 0.2) is 60.7 Å². The van der Waals surface area contributed by atoms with E-state index in [9.17, 15) is 0 Å². The minimum atomic E-state index is 0.0864. The average Bonchev–Trinajstić information content (AvgIpc) is 2.55. The highest BCUT2D eigenvalue weighted by Gasteiger charge is 2.15. The molecular weight excluding hydrogens is 272 g/mol. The van der Waals surface area contributed by atoms with Crippen LogP contribution < -0.4 is 9.47 Å². The highest BCUT2D eigenvalue weighted by molar-refractivity contribution is 6.02. The van der Waals surface area contributed by atoms with Gasteiger partial charge in [-0.2, -0.15) is 0 Å². The molecule has 0 aliphatic rings. The molecular formula is C20H20O2. The molecule has 0 N–H and O–H groups in total. The van der Waals surface area contributed by atoms with Crippen LogP contribution in [0, 0.1) is 0 Å². The smallest absolute Gasteiger partial charge is 0.169 e. The van der Waals surface area contributed by atoms with Crippen molar-refractivity contribution in [3.05, 3.63) is 60.7 Å². The lowest BCUT2D eigenvalue weighted by atomic mass is 9.97. The third-order valence-corrected chi connectivity index (χ3v) is 3.62. The van der Waals surface area contributed by atoms with Gasteiger partial charge in [-0.1, -0.05) is 54.6 Å². The van der Waals surface area contributed by atoms with Crippen LogP contribution in [0.1, 0.15) is 13.8 Å². The van der Waals surface area contributed by atoms with Gasteiger partial charge in [0.15, 0.2) is 11.5 Å². The van der Waals surface area contributed by atoms with Crippen LogP contribution in [0.4, 0.5) is 0 Å². The molecule has 2 heteroatoms. The highest BCUT2D eigenvalue weighted by Crippen LogP contribution is 2.41. The third-order valence-electron chi connectivity index (χ3n) is 3.62. The van der Waals surface area contributed by atoms with Crippen LogP contribution in [0.3, 0.4) is 0 Å². The van der Waals surface area contributed by atoms with Crippen molar-refractivity contribution in [2.45, 2.75) is 20.0 Å². The van der Waals surface area contributed by atoms with Crippen LogP contribution in [0.5, 0.6) is 11.5 Å². The summed E-state index contributed by atoms with van der Waals surface area (Å²) in [7, 11) is 1.68. The van der Waals surface area contributed by atoms with Crippen LogP contribution in [-0.4, -0.2) is 13.2 Å². The van der Waals surface area contributed by atoms with Gasteiger partial charge in [0.05, 0.1) is 13.2 Å². The standard InChI is InChI=1S/C20H20O2/c1-14(2)22-20-18(21-3)13-12-16-10-7-11-17(19(16)20)15-8-5-4-6-9-15/h4-14H,1-3H3. The fourth-order valence-corrected chi connectivity index (χ4v) is 2.70. The lowest BCUT2D eigenvalue weighted by molar-refractivity contribution is 0.233. The molecule has 0 radical (unpaired) electrons. The minimum absolute atomic E-state index is 0.0864. The minimum Gasteiger partial charge on any atom is -0.493 e. The van der Waals surface area contributed by atoms with E-state index in [4.69, 9.17) is 9.47 Å². The second-order valence-electron chi connectivity index (χ2n) is 5.53. The van der Waals surface area contributed by atoms with E-state index in [-0.39, 0.29) is 6.10 Å². The largest absolute Gasteiger partial charge is 0.493 e. The van der Waals surface area contributed by atoms with Crippen molar-refractivity contribution >= 4 is 10.8 Å². The summed E-state index contributed by atoms with van der Waals surface area (Å²) in [4.78, 5) is 0. The number of hydrogen-bond acceptors (Lipinski definition) is 2. The van der Waals surface area contributed by atoms with Crippen molar-refractivity contribution in [2.24, 2.45) is 0 Å². The van der Waals surface area contributed by atoms with E-state index < -0.39 is 0 Å². The SMILES string of the molecule is COc1ccc2cccc(-c3ccccc3)c2c1OC(C)C. The summed E-state index contributed by atoms with van der Waals surface area (Å²) < 4.78 is 11.6. The van der Waals surface area contributed by atoms with Crippen molar-refractivity contribution in [1.29, 1.82) is 0 Å². The third kappa shape index (κ3) is 2.64. The van der Waals surface area contributed by atoms with Crippen molar-refractivity contribution in [2.75, 3.05) is 7.11 Å². The molecule has 3 aromatic carbocycles. The molecule has 0 saturated carbocycles. The predicted octanol–water partition coefficient (Wildman–Crippen LogP) is 5.30. The summed E-state index contributed by atoms with van der Waals surface area (Å²) in [5, 5.41) is 2.25. The lowest BCUT2D eigenvalue weighted by Gasteiger charge is -2.18. The molecule has 3 aromatic rings. The Bertz CT molecular complexity index is 776. The first kappa shape index (κ1) is 14.5. The highest BCUT2D eigenvalue weighted by atomic mass is 16.5. The Morgan fingerprint density at radius 2 is 1.59 bits per heavy atom. The number of methoxy groups -OCH3 is 1. The van der Waals surface area contributed by atoms with E-state index in [0.717, 1.165) is 27.8 Å². The zero-order valence-electron chi connectivity index (χ0n) is 13.2. The van der Waals surface area contributed by atoms with Crippen molar-refractivity contribution in [3.63, 3.8) is 0 Å². The number of hydrogen-bond donors (Lipinski definition) is 0. The quantitative estimate of drug-likeness (QED) is 0.649. The van der Waals surface area contributed by atoms with Gasteiger partial charge in [-0.15, -0.1) is 0 Å². The first-order valence-corrected chi connectivity index (χ1v) is 7.52. The van der Waals surface area contributed by atoms with Crippen LogP contribution in [-0.2, 0) is 0 Å². The van der Waals surface area contributed by atoms with Gasteiger partial charge in [0, 0.05) is 5.39 Å². The summed E-state index contributed by atoms with van der Waals surface area (Å²) in [6.45, 7) is 4.06. The van der Waals surface area contributed by atoms with Gasteiger partial charge in [0.25, 0.3) is 0 Å².